The van der Waals surface area contributed by atoms with Crippen LogP contribution in [0.2, 0.25) is 0 Å². The lowest BCUT2D eigenvalue weighted by molar-refractivity contribution is 0.0734. The Balaban J connectivity index is 1.72. The number of aromatic nitrogens is 5. The zero-order valence-electron chi connectivity index (χ0n) is 14.5. The van der Waals surface area contributed by atoms with Gasteiger partial charge in [0.2, 0.25) is 0 Å². The van der Waals surface area contributed by atoms with Crippen LogP contribution in [0.3, 0.4) is 0 Å². The highest BCUT2D eigenvalue weighted by Gasteiger charge is 2.29. The van der Waals surface area contributed by atoms with Crippen LogP contribution in [0.1, 0.15) is 41.5 Å². The van der Waals surface area contributed by atoms with Crippen LogP contribution in [0.15, 0.2) is 23.2 Å². The number of hydrogen-bond donors (Lipinski definition) is 0. The molecule has 1 amide bonds. The third kappa shape index (κ3) is 2.66. The highest BCUT2D eigenvalue weighted by molar-refractivity contribution is 7.08. The van der Waals surface area contributed by atoms with E-state index in [4.69, 9.17) is 5.10 Å². The zero-order valence-corrected chi connectivity index (χ0v) is 15.3. The molecule has 3 aromatic heterocycles. The average Bonchev–Trinajstić information content (AvgIpc) is 3.34. The topological polar surface area (TPSA) is 68.8 Å². The zero-order chi connectivity index (χ0) is 17.6. The van der Waals surface area contributed by atoms with Crippen LogP contribution in [-0.2, 0) is 20.0 Å². The summed E-state index contributed by atoms with van der Waals surface area (Å²) in [5.74, 6) is 0.837. The van der Waals surface area contributed by atoms with Gasteiger partial charge in [0.15, 0.2) is 5.82 Å². The fraction of sp³-hybridized carbons (Fsp3) is 0.412. The molecular formula is C17H20N6OS. The Morgan fingerprint density at radius 3 is 2.92 bits per heavy atom. The van der Waals surface area contributed by atoms with Crippen molar-refractivity contribution in [3.05, 3.63) is 40.0 Å². The fourth-order valence-electron chi connectivity index (χ4n) is 3.30. The van der Waals surface area contributed by atoms with Crippen molar-refractivity contribution >= 4 is 17.2 Å². The minimum atomic E-state index is 0.0760. The van der Waals surface area contributed by atoms with Crippen molar-refractivity contribution in [3.8, 4) is 11.5 Å². The number of fused-ring (bicyclic) bond motifs is 1. The minimum absolute atomic E-state index is 0.0760. The Kier molecular flexibility index (Phi) is 3.91. The van der Waals surface area contributed by atoms with Crippen LogP contribution in [0.4, 0.5) is 0 Å². The lowest BCUT2D eigenvalue weighted by Gasteiger charge is -2.27. The molecular weight excluding hydrogens is 336 g/mol. The summed E-state index contributed by atoms with van der Waals surface area (Å²) in [5.41, 5.74) is 3.82. The van der Waals surface area contributed by atoms with E-state index in [-0.39, 0.29) is 11.9 Å². The van der Waals surface area contributed by atoms with Crippen LogP contribution in [0, 0.1) is 0 Å². The van der Waals surface area contributed by atoms with Crippen LogP contribution >= 0.6 is 11.3 Å². The normalized spacial score (nSPS) is 14.2. The lowest BCUT2D eigenvalue weighted by atomic mass is 10.0. The van der Waals surface area contributed by atoms with E-state index in [0.717, 1.165) is 29.1 Å². The maximum Gasteiger partial charge on any atom is 0.255 e. The third-order valence-corrected chi connectivity index (χ3v) is 5.32. The predicted molar refractivity (Wildman–Crippen MR) is 95.4 cm³/mol. The molecule has 0 N–H and O–H groups in total. The van der Waals surface area contributed by atoms with Crippen molar-refractivity contribution in [2.45, 2.75) is 32.9 Å². The monoisotopic (exact) mass is 356 g/mol. The molecule has 1 aliphatic rings. The lowest BCUT2D eigenvalue weighted by Crippen LogP contribution is -2.36. The van der Waals surface area contributed by atoms with Crippen molar-refractivity contribution < 1.29 is 4.79 Å². The molecule has 1 aliphatic heterocycles. The molecule has 0 radical (unpaired) electrons. The molecule has 0 fully saturated rings. The summed E-state index contributed by atoms with van der Waals surface area (Å²) in [6, 6.07) is 2.12. The third-order valence-electron chi connectivity index (χ3n) is 4.64. The van der Waals surface area contributed by atoms with E-state index in [1.54, 1.807) is 17.7 Å². The van der Waals surface area contributed by atoms with Crippen molar-refractivity contribution in [2.24, 2.45) is 7.05 Å². The Bertz CT molecular complexity index is 908. The summed E-state index contributed by atoms with van der Waals surface area (Å²) in [5, 5.41) is 16.9. The van der Waals surface area contributed by atoms with E-state index >= 15 is 0 Å². The van der Waals surface area contributed by atoms with Gasteiger partial charge in [-0.25, -0.2) is 0 Å². The summed E-state index contributed by atoms with van der Waals surface area (Å²) in [4.78, 5) is 14.6. The number of hydrogen-bond acceptors (Lipinski definition) is 5. The van der Waals surface area contributed by atoms with E-state index in [0.29, 0.717) is 13.1 Å². The highest BCUT2D eigenvalue weighted by Crippen LogP contribution is 2.30. The summed E-state index contributed by atoms with van der Waals surface area (Å²) in [7, 11) is 1.95. The quantitative estimate of drug-likeness (QED) is 0.723. The van der Waals surface area contributed by atoms with Gasteiger partial charge >= 0.3 is 0 Å². The predicted octanol–water partition coefficient (Wildman–Crippen LogP) is 2.52. The van der Waals surface area contributed by atoms with E-state index in [2.05, 4.69) is 24.0 Å². The number of thiophene rings is 1. The second-order valence-corrected chi connectivity index (χ2v) is 7.32. The van der Waals surface area contributed by atoms with Crippen LogP contribution in [-0.4, -0.2) is 41.9 Å². The maximum atomic E-state index is 12.7. The fourth-order valence-corrected chi connectivity index (χ4v) is 3.93. The summed E-state index contributed by atoms with van der Waals surface area (Å²) >= 11 is 1.54. The summed E-state index contributed by atoms with van der Waals surface area (Å²) in [6.07, 6.45) is 2.53. The Morgan fingerprint density at radius 2 is 2.20 bits per heavy atom. The van der Waals surface area contributed by atoms with Gasteiger partial charge in [0.05, 0.1) is 12.1 Å². The van der Waals surface area contributed by atoms with Gasteiger partial charge in [0.25, 0.3) is 5.91 Å². The van der Waals surface area contributed by atoms with Crippen LogP contribution < -0.4 is 0 Å². The number of carbonyl (C=O) groups is 1. The first-order valence-electron chi connectivity index (χ1n) is 8.32. The van der Waals surface area contributed by atoms with Gasteiger partial charge in [-0.1, -0.05) is 0 Å². The standard InChI is InChI=1S/C17H20N6OS/c1-11(2)23-10-18-19-16(23)15-13-8-22(6-4-14(13)21(3)20-15)17(24)12-5-7-25-9-12/h5,7,9-11H,4,6,8H2,1-3H3. The van der Waals surface area contributed by atoms with Crippen molar-refractivity contribution in [2.75, 3.05) is 6.54 Å². The molecule has 0 atom stereocenters. The van der Waals surface area contributed by atoms with E-state index in [9.17, 15) is 4.79 Å². The molecule has 8 heteroatoms. The average molecular weight is 356 g/mol. The number of rotatable bonds is 3. The Labute approximate surface area is 149 Å². The van der Waals surface area contributed by atoms with Gasteiger partial charge in [0, 0.05) is 42.7 Å². The largest absolute Gasteiger partial charge is 0.334 e. The first-order chi connectivity index (χ1) is 12.1. The first-order valence-corrected chi connectivity index (χ1v) is 9.26. The summed E-state index contributed by atoms with van der Waals surface area (Å²) in [6.45, 7) is 5.44. The second kappa shape index (κ2) is 6.11. The highest BCUT2D eigenvalue weighted by atomic mass is 32.1. The van der Waals surface area contributed by atoms with Gasteiger partial charge in [-0.05, 0) is 25.3 Å². The first kappa shape index (κ1) is 16.0. The van der Waals surface area contributed by atoms with E-state index in [1.807, 2.05) is 38.0 Å². The number of nitrogens with zero attached hydrogens (tertiary/aromatic N) is 6. The number of aryl methyl sites for hydroxylation is 1. The molecule has 0 bridgehead atoms. The molecule has 0 aliphatic carbocycles. The molecule has 0 saturated heterocycles. The van der Waals surface area contributed by atoms with Gasteiger partial charge in [-0.2, -0.15) is 16.4 Å². The van der Waals surface area contributed by atoms with Gasteiger partial charge in [0.1, 0.15) is 12.0 Å². The summed E-state index contributed by atoms with van der Waals surface area (Å²) < 4.78 is 3.93. The molecule has 4 heterocycles. The van der Waals surface area contributed by atoms with Crippen LogP contribution in [0.5, 0.6) is 0 Å². The van der Waals surface area contributed by atoms with Crippen molar-refractivity contribution in [1.82, 2.24) is 29.4 Å². The van der Waals surface area contributed by atoms with Crippen LogP contribution in [0.25, 0.3) is 11.5 Å². The Morgan fingerprint density at radius 1 is 1.36 bits per heavy atom. The Hall–Kier alpha value is -2.48. The molecule has 7 nitrogen and oxygen atoms in total. The molecule has 0 spiro atoms. The minimum Gasteiger partial charge on any atom is -0.334 e. The molecule has 4 rings (SSSR count). The van der Waals surface area contributed by atoms with Gasteiger partial charge in [-0.3, -0.25) is 9.48 Å². The van der Waals surface area contributed by atoms with Crippen molar-refractivity contribution in [3.63, 3.8) is 0 Å². The molecule has 0 aromatic carbocycles. The molecule has 3 aromatic rings. The van der Waals surface area contributed by atoms with E-state index in [1.165, 1.54) is 5.69 Å². The number of carbonyl (C=O) groups excluding carboxylic acids is 1. The van der Waals surface area contributed by atoms with Gasteiger partial charge < -0.3 is 9.47 Å². The smallest absolute Gasteiger partial charge is 0.255 e. The maximum absolute atomic E-state index is 12.7. The molecule has 25 heavy (non-hydrogen) atoms. The van der Waals surface area contributed by atoms with Crippen molar-refractivity contribution in [1.29, 1.82) is 0 Å². The SMILES string of the molecule is CC(C)n1cnnc1-c1nn(C)c2c1CN(C(=O)c1ccsc1)CC2. The molecule has 130 valence electrons. The second-order valence-electron chi connectivity index (χ2n) is 6.54. The van der Waals surface area contributed by atoms with Gasteiger partial charge in [-0.15, -0.1) is 10.2 Å². The molecule has 0 saturated carbocycles. The van der Waals surface area contributed by atoms with E-state index < -0.39 is 0 Å². The number of amides is 1. The molecule has 0 unspecified atom stereocenters.